The molecule has 0 radical (unpaired) electrons. The van der Waals surface area contributed by atoms with Crippen molar-refractivity contribution < 1.29 is 27.2 Å². The number of halogens is 4. The molecule has 1 unspecified atom stereocenters. The molecule has 0 bridgehead atoms. The van der Waals surface area contributed by atoms with Gasteiger partial charge in [-0.1, -0.05) is 6.92 Å². The van der Waals surface area contributed by atoms with Gasteiger partial charge in [0.15, 0.2) is 23.3 Å². The molecule has 1 aromatic rings. The number of Topliss-reactive ketones (excluding diaryl/α,β-unsaturated/α-hetero) is 1. The Labute approximate surface area is 119 Å². The summed E-state index contributed by atoms with van der Waals surface area (Å²) in [5.74, 6) is -8.75. The lowest BCUT2D eigenvalue weighted by Crippen LogP contribution is -2.28. The van der Waals surface area contributed by atoms with Crippen molar-refractivity contribution >= 4 is 11.7 Å². The lowest BCUT2D eigenvalue weighted by atomic mass is 9.98. The van der Waals surface area contributed by atoms with Gasteiger partial charge in [-0.05, 0) is 25.8 Å². The van der Waals surface area contributed by atoms with Crippen LogP contribution in [0.15, 0.2) is 6.07 Å². The molecule has 1 rings (SSSR count). The first kappa shape index (κ1) is 17.1. The standard InChI is InChI=1S/C14H15F4NO2/c1-3-8(7(2)20)4-5-19-14(21)9-6-10(15)12(17)13(18)11(9)16/h6,8H,3-5H2,1-2H3,(H,19,21). The second kappa shape index (κ2) is 7.19. The fourth-order valence-corrected chi connectivity index (χ4v) is 1.89. The number of ketones is 1. The predicted octanol–water partition coefficient (Wildman–Crippen LogP) is 2.98. The molecule has 7 heteroatoms. The van der Waals surface area contributed by atoms with Gasteiger partial charge in [0, 0.05) is 12.5 Å². The number of benzene rings is 1. The zero-order chi connectivity index (χ0) is 16.2. The van der Waals surface area contributed by atoms with Crippen LogP contribution in [-0.4, -0.2) is 18.2 Å². The van der Waals surface area contributed by atoms with Gasteiger partial charge in [-0.2, -0.15) is 0 Å². The van der Waals surface area contributed by atoms with Crippen LogP contribution >= 0.6 is 0 Å². The summed E-state index contributed by atoms with van der Waals surface area (Å²) < 4.78 is 52.1. The van der Waals surface area contributed by atoms with Crippen molar-refractivity contribution in [2.24, 2.45) is 5.92 Å². The van der Waals surface area contributed by atoms with Crippen LogP contribution in [0.3, 0.4) is 0 Å². The highest BCUT2D eigenvalue weighted by Crippen LogP contribution is 2.18. The Bertz CT molecular complexity index is 560. The second-order valence-electron chi connectivity index (χ2n) is 4.61. The summed E-state index contributed by atoms with van der Waals surface area (Å²) in [5, 5.41) is 2.25. The largest absolute Gasteiger partial charge is 0.352 e. The van der Waals surface area contributed by atoms with Crippen LogP contribution in [0.2, 0.25) is 0 Å². The molecule has 3 nitrogen and oxygen atoms in total. The number of carbonyl (C=O) groups is 2. The van der Waals surface area contributed by atoms with Gasteiger partial charge in [-0.25, -0.2) is 17.6 Å². The Morgan fingerprint density at radius 3 is 2.29 bits per heavy atom. The first-order valence-corrected chi connectivity index (χ1v) is 6.41. The average Bonchev–Trinajstić information content (AvgIpc) is 2.44. The van der Waals surface area contributed by atoms with Crippen LogP contribution in [0.25, 0.3) is 0 Å². The molecule has 0 aliphatic rings. The lowest BCUT2D eigenvalue weighted by molar-refractivity contribution is -0.121. The Morgan fingerprint density at radius 1 is 1.14 bits per heavy atom. The zero-order valence-corrected chi connectivity index (χ0v) is 11.6. The second-order valence-corrected chi connectivity index (χ2v) is 4.61. The summed E-state index contributed by atoms with van der Waals surface area (Å²) in [4.78, 5) is 22.8. The van der Waals surface area contributed by atoms with Gasteiger partial charge in [0.1, 0.15) is 5.78 Å². The minimum absolute atomic E-state index is 0.0387. The summed E-state index contributed by atoms with van der Waals surface area (Å²) in [6, 6.07) is 0.297. The van der Waals surface area contributed by atoms with Gasteiger partial charge in [-0.15, -0.1) is 0 Å². The minimum atomic E-state index is -2.03. The summed E-state index contributed by atoms with van der Waals surface area (Å²) >= 11 is 0. The van der Waals surface area contributed by atoms with Gasteiger partial charge in [0.25, 0.3) is 5.91 Å². The van der Waals surface area contributed by atoms with Gasteiger partial charge < -0.3 is 5.32 Å². The summed E-state index contributed by atoms with van der Waals surface area (Å²) in [5.41, 5.74) is -0.915. The van der Waals surface area contributed by atoms with E-state index < -0.39 is 34.7 Å². The van der Waals surface area contributed by atoms with Gasteiger partial charge in [0.05, 0.1) is 5.56 Å². The SMILES string of the molecule is CCC(CCNC(=O)c1cc(F)c(F)c(F)c1F)C(C)=O. The van der Waals surface area contributed by atoms with E-state index in [2.05, 4.69) is 5.32 Å². The molecule has 116 valence electrons. The van der Waals surface area contributed by atoms with Crippen molar-refractivity contribution in [2.45, 2.75) is 26.7 Å². The quantitative estimate of drug-likeness (QED) is 0.499. The van der Waals surface area contributed by atoms with Crippen molar-refractivity contribution in [3.63, 3.8) is 0 Å². The third-order valence-electron chi connectivity index (χ3n) is 3.19. The van der Waals surface area contributed by atoms with Crippen LogP contribution in [0.4, 0.5) is 17.6 Å². The third-order valence-corrected chi connectivity index (χ3v) is 3.19. The van der Waals surface area contributed by atoms with Crippen LogP contribution in [0.1, 0.15) is 37.0 Å². The maximum absolute atomic E-state index is 13.4. The molecular formula is C14H15F4NO2. The van der Waals surface area contributed by atoms with E-state index in [1.807, 2.05) is 0 Å². The molecule has 21 heavy (non-hydrogen) atoms. The van der Waals surface area contributed by atoms with Gasteiger partial charge in [0.2, 0.25) is 0 Å². The Kier molecular flexibility index (Phi) is 5.87. The Morgan fingerprint density at radius 2 is 1.76 bits per heavy atom. The molecule has 1 atom stereocenters. The smallest absolute Gasteiger partial charge is 0.254 e. The average molecular weight is 305 g/mol. The Balaban J connectivity index is 2.75. The van der Waals surface area contributed by atoms with E-state index in [9.17, 15) is 27.2 Å². The predicted molar refractivity (Wildman–Crippen MR) is 67.7 cm³/mol. The van der Waals surface area contributed by atoms with Crippen molar-refractivity contribution in [1.29, 1.82) is 0 Å². The van der Waals surface area contributed by atoms with E-state index in [0.717, 1.165) is 0 Å². The molecule has 0 spiro atoms. The van der Waals surface area contributed by atoms with E-state index in [-0.39, 0.29) is 18.2 Å². The van der Waals surface area contributed by atoms with Crippen molar-refractivity contribution in [3.05, 3.63) is 34.9 Å². The fraction of sp³-hybridized carbons (Fsp3) is 0.429. The van der Waals surface area contributed by atoms with Crippen LogP contribution < -0.4 is 5.32 Å². The molecule has 1 amide bonds. The molecule has 0 aliphatic heterocycles. The third kappa shape index (κ3) is 4.03. The molecule has 0 fully saturated rings. The summed E-state index contributed by atoms with van der Waals surface area (Å²) in [7, 11) is 0. The number of carbonyl (C=O) groups excluding carboxylic acids is 2. The highest BCUT2D eigenvalue weighted by atomic mass is 19.2. The molecule has 1 N–H and O–H groups in total. The van der Waals surface area contributed by atoms with Crippen molar-refractivity contribution in [1.82, 2.24) is 5.32 Å². The van der Waals surface area contributed by atoms with Gasteiger partial charge in [-0.3, -0.25) is 9.59 Å². The number of hydrogen-bond acceptors (Lipinski definition) is 2. The molecule has 0 aromatic heterocycles. The molecule has 0 saturated carbocycles. The number of rotatable bonds is 6. The lowest BCUT2D eigenvalue weighted by Gasteiger charge is -2.12. The summed E-state index contributed by atoms with van der Waals surface area (Å²) in [6.07, 6.45) is 0.907. The topological polar surface area (TPSA) is 46.2 Å². The van der Waals surface area contributed by atoms with E-state index in [4.69, 9.17) is 0 Å². The van der Waals surface area contributed by atoms with Crippen molar-refractivity contribution in [2.75, 3.05) is 6.54 Å². The number of amides is 1. The van der Waals surface area contributed by atoms with E-state index in [0.29, 0.717) is 18.9 Å². The normalized spacial score (nSPS) is 12.1. The van der Waals surface area contributed by atoms with E-state index >= 15 is 0 Å². The Hall–Kier alpha value is -1.92. The maximum Gasteiger partial charge on any atom is 0.254 e. The molecular weight excluding hydrogens is 290 g/mol. The maximum atomic E-state index is 13.4. The van der Waals surface area contributed by atoms with Crippen LogP contribution in [0.5, 0.6) is 0 Å². The highest BCUT2D eigenvalue weighted by Gasteiger charge is 2.23. The summed E-state index contributed by atoms with van der Waals surface area (Å²) in [6.45, 7) is 3.26. The minimum Gasteiger partial charge on any atom is -0.352 e. The molecule has 0 aliphatic carbocycles. The van der Waals surface area contributed by atoms with Crippen molar-refractivity contribution in [3.8, 4) is 0 Å². The number of nitrogens with one attached hydrogen (secondary N) is 1. The highest BCUT2D eigenvalue weighted by molar-refractivity contribution is 5.94. The molecule has 1 aromatic carbocycles. The fourth-order valence-electron chi connectivity index (χ4n) is 1.89. The first-order valence-electron chi connectivity index (χ1n) is 6.41. The van der Waals surface area contributed by atoms with Crippen LogP contribution in [-0.2, 0) is 4.79 Å². The molecule has 0 saturated heterocycles. The van der Waals surface area contributed by atoms with Crippen LogP contribution in [0, 0.1) is 29.2 Å². The first-order chi connectivity index (χ1) is 9.79. The van der Waals surface area contributed by atoms with E-state index in [1.165, 1.54) is 6.92 Å². The zero-order valence-electron chi connectivity index (χ0n) is 11.6. The molecule has 0 heterocycles. The van der Waals surface area contributed by atoms with Gasteiger partial charge >= 0.3 is 0 Å². The van der Waals surface area contributed by atoms with E-state index in [1.54, 1.807) is 6.92 Å². The number of hydrogen-bond donors (Lipinski definition) is 1. The monoisotopic (exact) mass is 305 g/mol.